The van der Waals surface area contributed by atoms with Gasteiger partial charge in [0.15, 0.2) is 5.96 Å². The lowest BCUT2D eigenvalue weighted by Gasteiger charge is -2.24. The molecule has 15 heteroatoms. The van der Waals surface area contributed by atoms with E-state index in [9.17, 15) is 24.3 Å². The van der Waals surface area contributed by atoms with Crippen molar-refractivity contribution in [1.82, 2.24) is 31.2 Å². The molecule has 2 heterocycles. The number of hydrogen-bond donors (Lipinski definition) is 9. The third-order valence-corrected chi connectivity index (χ3v) is 5.36. The number of hydrogen-bond acceptors (Lipinski definition) is 8. The lowest BCUT2D eigenvalue weighted by molar-refractivity contribution is -0.143. The van der Waals surface area contributed by atoms with Crippen LogP contribution in [0.25, 0.3) is 0 Å². The highest BCUT2D eigenvalue weighted by molar-refractivity contribution is 5.94. The van der Waals surface area contributed by atoms with E-state index in [0.717, 1.165) is 6.42 Å². The fourth-order valence-corrected chi connectivity index (χ4v) is 3.51. The zero-order chi connectivity index (χ0) is 25.8. The van der Waals surface area contributed by atoms with E-state index < -0.39 is 48.6 Å². The molecule has 3 amide bonds. The number of aliphatic carboxylic acids is 1. The summed E-state index contributed by atoms with van der Waals surface area (Å²) < 4.78 is 0. The molecule has 1 fully saturated rings. The highest BCUT2D eigenvalue weighted by Crippen LogP contribution is 2.08. The Morgan fingerprint density at radius 1 is 1.14 bits per heavy atom. The molecule has 15 nitrogen and oxygen atoms in total. The van der Waals surface area contributed by atoms with E-state index in [1.165, 1.54) is 12.5 Å². The number of carbonyl (C=O) groups is 4. The molecule has 1 aliphatic rings. The number of nitrogens with zero attached hydrogens (tertiary/aromatic N) is 2. The fourth-order valence-electron chi connectivity index (χ4n) is 3.51. The normalized spacial score (nSPS) is 17.6. The van der Waals surface area contributed by atoms with Crippen LogP contribution in [-0.4, -0.2) is 93.7 Å². The molecule has 1 aromatic rings. The Kier molecular flexibility index (Phi) is 10.9. The standard InChI is InChI=1S/C20H33N9O6/c21-20(22)25-6-2-4-13(17(32)29-15(9-30)19(34)35)27-18(33)14(7-11-8-23-10-26-11)28-16(31)12-3-1-5-24-12/h8,10,12-15,24,30H,1-7,9H2,(H,23,26)(H,27,33)(H,28,31)(H,29,32)(H,34,35)(H4,21,22,25). The smallest absolute Gasteiger partial charge is 0.328 e. The van der Waals surface area contributed by atoms with Crippen LogP contribution >= 0.6 is 0 Å². The number of carbonyl (C=O) groups excluding carboxylic acids is 3. The average molecular weight is 496 g/mol. The lowest BCUT2D eigenvalue weighted by atomic mass is 10.1. The van der Waals surface area contributed by atoms with Crippen molar-refractivity contribution in [3.05, 3.63) is 18.2 Å². The Morgan fingerprint density at radius 3 is 2.43 bits per heavy atom. The molecule has 0 bridgehead atoms. The number of aliphatic hydroxyl groups excluding tert-OH is 1. The second-order valence-electron chi connectivity index (χ2n) is 8.08. The molecule has 11 N–H and O–H groups in total. The minimum Gasteiger partial charge on any atom is -0.480 e. The molecule has 0 spiro atoms. The number of H-pyrrole nitrogens is 1. The summed E-state index contributed by atoms with van der Waals surface area (Å²) in [5.74, 6) is -3.37. The molecule has 35 heavy (non-hydrogen) atoms. The summed E-state index contributed by atoms with van der Waals surface area (Å²) in [5, 5.41) is 28.9. The minimum atomic E-state index is -1.55. The van der Waals surface area contributed by atoms with Crippen LogP contribution in [0.15, 0.2) is 17.5 Å². The van der Waals surface area contributed by atoms with Gasteiger partial charge >= 0.3 is 5.97 Å². The Hall–Kier alpha value is -3.72. The number of rotatable bonds is 14. The number of carboxylic acids is 1. The molecule has 0 aromatic carbocycles. The molecule has 0 aliphatic carbocycles. The number of imidazole rings is 1. The Bertz CT molecular complexity index is 882. The van der Waals surface area contributed by atoms with Crippen molar-refractivity contribution in [3.63, 3.8) is 0 Å². The van der Waals surface area contributed by atoms with Gasteiger partial charge in [0, 0.05) is 24.9 Å². The van der Waals surface area contributed by atoms with Gasteiger partial charge in [0.05, 0.1) is 19.0 Å². The number of nitrogens with one attached hydrogen (secondary N) is 5. The highest BCUT2D eigenvalue weighted by Gasteiger charge is 2.31. The van der Waals surface area contributed by atoms with Gasteiger partial charge in [0.1, 0.15) is 18.1 Å². The van der Waals surface area contributed by atoms with Gasteiger partial charge in [-0.05, 0) is 32.2 Å². The van der Waals surface area contributed by atoms with Crippen LogP contribution in [0.2, 0.25) is 0 Å². The van der Waals surface area contributed by atoms with Crippen LogP contribution in [0.5, 0.6) is 0 Å². The van der Waals surface area contributed by atoms with Gasteiger partial charge in [-0.1, -0.05) is 0 Å². The summed E-state index contributed by atoms with van der Waals surface area (Å²) >= 11 is 0. The van der Waals surface area contributed by atoms with Gasteiger partial charge in [-0.25, -0.2) is 9.78 Å². The van der Waals surface area contributed by atoms with Crippen molar-refractivity contribution in [2.45, 2.75) is 56.3 Å². The third-order valence-electron chi connectivity index (χ3n) is 5.36. The van der Waals surface area contributed by atoms with E-state index in [-0.39, 0.29) is 37.7 Å². The maximum absolute atomic E-state index is 13.2. The van der Waals surface area contributed by atoms with Gasteiger partial charge < -0.3 is 47.9 Å². The van der Waals surface area contributed by atoms with E-state index >= 15 is 0 Å². The molecular weight excluding hydrogens is 462 g/mol. The van der Waals surface area contributed by atoms with Crippen molar-refractivity contribution in [2.75, 3.05) is 19.7 Å². The van der Waals surface area contributed by atoms with Crippen molar-refractivity contribution in [1.29, 1.82) is 0 Å². The van der Waals surface area contributed by atoms with Crippen LogP contribution in [0, 0.1) is 0 Å². The Labute approximate surface area is 201 Å². The van der Waals surface area contributed by atoms with Crippen molar-refractivity contribution in [2.24, 2.45) is 16.5 Å². The van der Waals surface area contributed by atoms with E-state index in [0.29, 0.717) is 18.7 Å². The first-order valence-corrected chi connectivity index (χ1v) is 11.2. The van der Waals surface area contributed by atoms with Crippen LogP contribution in [0.1, 0.15) is 31.4 Å². The van der Waals surface area contributed by atoms with Gasteiger partial charge in [-0.3, -0.25) is 19.4 Å². The summed E-state index contributed by atoms with van der Waals surface area (Å²) in [6.07, 6.45) is 4.86. The fraction of sp³-hybridized carbons (Fsp3) is 0.600. The molecule has 2 rings (SSSR count). The molecule has 0 saturated carbocycles. The first kappa shape index (κ1) is 27.5. The molecule has 1 saturated heterocycles. The molecule has 194 valence electrons. The number of aliphatic hydroxyl groups is 1. The Morgan fingerprint density at radius 2 is 1.86 bits per heavy atom. The number of aromatic amines is 1. The second-order valence-corrected chi connectivity index (χ2v) is 8.08. The van der Waals surface area contributed by atoms with E-state index in [2.05, 4.69) is 36.2 Å². The number of carboxylic acid groups (broad SMARTS) is 1. The Balaban J connectivity index is 2.14. The molecular formula is C20H33N9O6. The van der Waals surface area contributed by atoms with Crippen molar-refractivity contribution in [3.8, 4) is 0 Å². The van der Waals surface area contributed by atoms with Crippen LogP contribution in [-0.2, 0) is 25.6 Å². The molecule has 4 unspecified atom stereocenters. The highest BCUT2D eigenvalue weighted by atomic mass is 16.4. The summed E-state index contributed by atoms with van der Waals surface area (Å²) in [6.45, 7) is 0.0395. The maximum atomic E-state index is 13.2. The van der Waals surface area contributed by atoms with Crippen LogP contribution in [0.4, 0.5) is 0 Å². The summed E-state index contributed by atoms with van der Waals surface area (Å²) in [6, 6.07) is -4.18. The quantitative estimate of drug-likeness (QED) is 0.0693. The average Bonchev–Trinajstić information content (AvgIpc) is 3.52. The van der Waals surface area contributed by atoms with E-state index in [1.54, 1.807) is 0 Å². The number of amides is 3. The number of aliphatic imine (C=N–C) groups is 1. The molecule has 4 atom stereocenters. The minimum absolute atomic E-state index is 0.0705. The first-order valence-electron chi connectivity index (χ1n) is 11.2. The van der Waals surface area contributed by atoms with Crippen molar-refractivity contribution >= 4 is 29.7 Å². The van der Waals surface area contributed by atoms with Crippen LogP contribution in [0.3, 0.4) is 0 Å². The number of nitrogens with two attached hydrogens (primary N) is 2. The summed E-state index contributed by atoms with van der Waals surface area (Å²) in [7, 11) is 0. The number of aromatic nitrogens is 2. The van der Waals surface area contributed by atoms with Crippen molar-refractivity contribution < 1.29 is 29.4 Å². The predicted molar refractivity (Wildman–Crippen MR) is 124 cm³/mol. The molecule has 1 aromatic heterocycles. The van der Waals surface area contributed by atoms with Gasteiger partial charge in [-0.15, -0.1) is 0 Å². The summed E-state index contributed by atoms with van der Waals surface area (Å²) in [5.41, 5.74) is 11.2. The second kappa shape index (κ2) is 13.9. The molecule has 1 aliphatic heterocycles. The third kappa shape index (κ3) is 9.21. The van der Waals surface area contributed by atoms with E-state index in [4.69, 9.17) is 16.6 Å². The van der Waals surface area contributed by atoms with Gasteiger partial charge in [0.25, 0.3) is 0 Å². The molecule has 0 radical (unpaired) electrons. The SMILES string of the molecule is NC(N)=NCCCC(NC(=O)C(Cc1cnc[nH]1)NC(=O)C1CCCN1)C(=O)NC(CO)C(=O)O. The first-order chi connectivity index (χ1) is 16.7. The summed E-state index contributed by atoms with van der Waals surface area (Å²) in [4.78, 5) is 60.4. The predicted octanol–water partition coefficient (Wildman–Crippen LogP) is -3.71. The van der Waals surface area contributed by atoms with Gasteiger partial charge in [0.2, 0.25) is 17.7 Å². The number of guanidine groups is 1. The van der Waals surface area contributed by atoms with Gasteiger partial charge in [-0.2, -0.15) is 0 Å². The largest absolute Gasteiger partial charge is 0.480 e. The van der Waals surface area contributed by atoms with E-state index in [1.807, 2.05) is 0 Å². The lowest BCUT2D eigenvalue weighted by Crippen LogP contribution is -2.58. The topological polar surface area (TPSA) is 250 Å². The zero-order valence-electron chi connectivity index (χ0n) is 19.2. The zero-order valence-corrected chi connectivity index (χ0v) is 19.2. The monoisotopic (exact) mass is 495 g/mol. The van der Waals surface area contributed by atoms with Crippen LogP contribution < -0.4 is 32.7 Å². The maximum Gasteiger partial charge on any atom is 0.328 e.